The van der Waals surface area contributed by atoms with E-state index < -0.39 is 11.6 Å². The van der Waals surface area contributed by atoms with Crippen LogP contribution in [0.5, 0.6) is 0 Å². The maximum absolute atomic E-state index is 13.6. The third-order valence-corrected chi connectivity index (χ3v) is 9.50. The number of hydrogen-bond acceptors (Lipinski definition) is 6. The Morgan fingerprint density at radius 2 is 1.57 bits per heavy atom. The number of nitrogens with two attached hydrogens (primary N) is 2. The highest BCUT2D eigenvalue weighted by molar-refractivity contribution is 5.78. The zero-order chi connectivity index (χ0) is 33.5. The second-order valence-electron chi connectivity index (χ2n) is 13.9. The normalized spacial score (nSPS) is 18.9. The molecule has 0 heterocycles. The lowest BCUT2D eigenvalue weighted by Gasteiger charge is -2.39. The number of rotatable bonds is 20. The topological polar surface area (TPSA) is 99.6 Å². The first-order valence-electron chi connectivity index (χ1n) is 17.4. The highest BCUT2D eigenvalue weighted by atomic mass is 19.2. The Hall–Kier alpha value is -2.43. The number of amides is 1. The maximum Gasteiger partial charge on any atom is 0.226 e. The summed E-state index contributed by atoms with van der Waals surface area (Å²) in [6.45, 7) is 7.91. The van der Waals surface area contributed by atoms with Crippen molar-refractivity contribution in [2.75, 3.05) is 40.3 Å². The van der Waals surface area contributed by atoms with E-state index in [4.69, 9.17) is 11.5 Å². The number of hydrogen-bond donors (Lipinski definition) is 4. The van der Waals surface area contributed by atoms with Crippen molar-refractivity contribution in [3.8, 4) is 0 Å². The first kappa shape index (κ1) is 38.0. The monoisotopic (exact) mass is 642 g/mol. The molecule has 3 atom stereocenters. The standard InChI is InChI=1S/C37H60F2N6O/c1-27(2)20-32(42-24-30(41)21-28-10-6-5-7-11-28)25-43-31(12-8-9-19-40)26-44(3)33-14-16-34(17-15-33)45(4)37(46)23-29-13-18-35(38)36(39)22-29/h5-7,10-11,13,18,22,27,30-34,42-43H,8-9,12,14-17,19-21,23-26,40-41H2,1-4H3/t30-,31-,32-,33?,34?/m1/s1. The van der Waals surface area contributed by atoms with Crippen molar-refractivity contribution >= 4 is 5.91 Å². The average molecular weight is 643 g/mol. The van der Waals surface area contributed by atoms with E-state index in [1.54, 1.807) is 0 Å². The summed E-state index contributed by atoms with van der Waals surface area (Å²) in [6.07, 6.45) is 9.16. The van der Waals surface area contributed by atoms with Gasteiger partial charge in [-0.3, -0.25) is 4.79 Å². The van der Waals surface area contributed by atoms with Crippen molar-refractivity contribution in [1.82, 2.24) is 20.4 Å². The smallest absolute Gasteiger partial charge is 0.226 e. The molecule has 0 bridgehead atoms. The molecule has 1 aliphatic carbocycles. The minimum absolute atomic E-state index is 0.0578. The Labute approximate surface area is 276 Å². The van der Waals surface area contributed by atoms with E-state index in [9.17, 15) is 13.6 Å². The predicted octanol–water partition coefficient (Wildman–Crippen LogP) is 4.87. The molecule has 1 fully saturated rings. The fraction of sp³-hybridized carbons (Fsp3) is 0.649. The molecule has 6 N–H and O–H groups in total. The molecule has 7 nitrogen and oxygen atoms in total. The molecule has 9 heteroatoms. The van der Waals surface area contributed by atoms with Gasteiger partial charge >= 0.3 is 0 Å². The molecule has 46 heavy (non-hydrogen) atoms. The number of likely N-dealkylation sites (N-methyl/N-ethyl adjacent to an activating group) is 2. The second-order valence-corrected chi connectivity index (χ2v) is 13.9. The van der Waals surface area contributed by atoms with Gasteiger partial charge in [0.1, 0.15) is 0 Å². The summed E-state index contributed by atoms with van der Waals surface area (Å²) >= 11 is 0. The van der Waals surface area contributed by atoms with Gasteiger partial charge in [0.05, 0.1) is 6.42 Å². The van der Waals surface area contributed by atoms with Gasteiger partial charge in [0.15, 0.2) is 11.6 Å². The van der Waals surface area contributed by atoms with Gasteiger partial charge in [0, 0.05) is 56.9 Å². The first-order valence-corrected chi connectivity index (χ1v) is 17.4. The average Bonchev–Trinajstić information content (AvgIpc) is 3.03. The minimum atomic E-state index is -0.915. The van der Waals surface area contributed by atoms with Crippen LogP contribution in [0.1, 0.15) is 76.3 Å². The van der Waals surface area contributed by atoms with Gasteiger partial charge in [0.25, 0.3) is 0 Å². The number of benzene rings is 2. The Balaban J connectivity index is 1.48. The van der Waals surface area contributed by atoms with Crippen molar-refractivity contribution in [3.05, 3.63) is 71.3 Å². The van der Waals surface area contributed by atoms with Gasteiger partial charge in [-0.1, -0.05) is 56.7 Å². The van der Waals surface area contributed by atoms with Crippen LogP contribution in [-0.2, 0) is 17.6 Å². The highest BCUT2D eigenvalue weighted by Gasteiger charge is 2.29. The van der Waals surface area contributed by atoms with Gasteiger partial charge in [0.2, 0.25) is 5.91 Å². The van der Waals surface area contributed by atoms with Gasteiger partial charge in [-0.25, -0.2) is 8.78 Å². The van der Waals surface area contributed by atoms with Crippen LogP contribution in [0.25, 0.3) is 0 Å². The molecular formula is C37H60F2N6O. The molecular weight excluding hydrogens is 582 g/mol. The summed E-state index contributed by atoms with van der Waals surface area (Å²) in [5.74, 6) is -1.28. The summed E-state index contributed by atoms with van der Waals surface area (Å²) in [6, 6.07) is 15.5. The van der Waals surface area contributed by atoms with Crippen molar-refractivity contribution in [1.29, 1.82) is 0 Å². The molecule has 0 aromatic heterocycles. The summed E-state index contributed by atoms with van der Waals surface area (Å²) in [5, 5.41) is 7.68. The molecule has 2 aromatic rings. The van der Waals surface area contributed by atoms with Gasteiger partial charge in [-0.2, -0.15) is 0 Å². The molecule has 0 radical (unpaired) electrons. The second kappa shape index (κ2) is 20.1. The van der Waals surface area contributed by atoms with Crippen LogP contribution in [-0.4, -0.2) is 86.2 Å². The van der Waals surface area contributed by atoms with Gasteiger partial charge < -0.3 is 31.9 Å². The maximum atomic E-state index is 13.6. The van der Waals surface area contributed by atoms with E-state index in [-0.39, 0.29) is 24.4 Å². The Kier molecular flexibility index (Phi) is 16.6. The number of nitrogens with one attached hydrogen (secondary N) is 2. The fourth-order valence-electron chi connectivity index (χ4n) is 6.75. The molecule has 1 aliphatic rings. The van der Waals surface area contributed by atoms with Crippen molar-refractivity contribution in [3.63, 3.8) is 0 Å². The minimum Gasteiger partial charge on any atom is -0.342 e. The van der Waals surface area contributed by atoms with Crippen LogP contribution in [0.15, 0.2) is 48.5 Å². The molecule has 1 saturated carbocycles. The Bertz CT molecular complexity index is 1140. The van der Waals surface area contributed by atoms with Gasteiger partial charge in [-0.15, -0.1) is 0 Å². The zero-order valence-electron chi connectivity index (χ0n) is 28.7. The van der Waals surface area contributed by atoms with Crippen LogP contribution in [0, 0.1) is 17.6 Å². The largest absolute Gasteiger partial charge is 0.342 e. The molecule has 2 aromatic carbocycles. The van der Waals surface area contributed by atoms with Crippen LogP contribution >= 0.6 is 0 Å². The lowest BCUT2D eigenvalue weighted by Crippen LogP contribution is -2.51. The van der Waals surface area contributed by atoms with Crippen LogP contribution in [0.2, 0.25) is 0 Å². The van der Waals surface area contributed by atoms with E-state index in [1.165, 1.54) is 11.6 Å². The van der Waals surface area contributed by atoms with Crippen LogP contribution < -0.4 is 22.1 Å². The third-order valence-electron chi connectivity index (χ3n) is 9.50. The molecule has 0 saturated heterocycles. The van der Waals surface area contributed by atoms with E-state index >= 15 is 0 Å². The lowest BCUT2D eigenvalue weighted by molar-refractivity contribution is -0.132. The predicted molar refractivity (Wildman–Crippen MR) is 186 cm³/mol. The van der Waals surface area contributed by atoms with E-state index in [0.717, 1.165) is 89.6 Å². The van der Waals surface area contributed by atoms with E-state index in [1.807, 2.05) is 18.0 Å². The number of nitrogens with zero attached hydrogens (tertiary/aromatic N) is 2. The molecule has 0 unspecified atom stereocenters. The number of carbonyl (C=O) groups is 1. The summed E-state index contributed by atoms with van der Waals surface area (Å²) in [5.41, 5.74) is 14.1. The summed E-state index contributed by atoms with van der Waals surface area (Å²) < 4.78 is 26.9. The number of halogens is 2. The summed E-state index contributed by atoms with van der Waals surface area (Å²) in [4.78, 5) is 17.2. The van der Waals surface area contributed by atoms with E-state index in [2.05, 4.69) is 60.7 Å². The fourth-order valence-corrected chi connectivity index (χ4v) is 6.75. The number of carbonyl (C=O) groups excluding carboxylic acids is 1. The Morgan fingerprint density at radius 1 is 0.891 bits per heavy atom. The van der Waals surface area contributed by atoms with Crippen molar-refractivity contribution in [2.45, 2.75) is 108 Å². The number of unbranched alkanes of at least 4 members (excludes halogenated alkanes) is 1. The molecule has 1 amide bonds. The zero-order valence-corrected chi connectivity index (χ0v) is 28.7. The first-order chi connectivity index (χ1) is 22.0. The molecule has 258 valence electrons. The lowest BCUT2D eigenvalue weighted by atomic mass is 9.89. The van der Waals surface area contributed by atoms with E-state index in [0.29, 0.717) is 36.2 Å². The summed E-state index contributed by atoms with van der Waals surface area (Å²) in [7, 11) is 4.07. The molecule has 0 spiro atoms. The molecule has 3 rings (SSSR count). The third kappa shape index (κ3) is 13.4. The molecule has 0 aliphatic heterocycles. The SMILES string of the molecule is CC(C)C[C@H](CN[C@H](CCCCN)CN(C)C1CCC(N(C)C(=O)Cc2ccc(F)c(F)c2)CC1)NC[C@H](N)Cc1ccccc1. The quantitative estimate of drug-likeness (QED) is 0.154. The van der Waals surface area contributed by atoms with Crippen LogP contribution in [0.3, 0.4) is 0 Å². The Morgan fingerprint density at radius 3 is 2.22 bits per heavy atom. The van der Waals surface area contributed by atoms with Gasteiger partial charge in [-0.05, 0) is 94.1 Å². The van der Waals surface area contributed by atoms with Crippen molar-refractivity contribution < 1.29 is 13.6 Å². The van der Waals surface area contributed by atoms with Crippen LogP contribution in [0.4, 0.5) is 8.78 Å². The van der Waals surface area contributed by atoms with Crippen molar-refractivity contribution in [2.24, 2.45) is 17.4 Å². The highest BCUT2D eigenvalue weighted by Crippen LogP contribution is 2.26.